The maximum atomic E-state index is 13.4. The second kappa shape index (κ2) is 12.1. The fraction of sp³-hybridized carbons (Fsp3) is 0.481. The van der Waals surface area contributed by atoms with E-state index in [0.29, 0.717) is 37.5 Å². The van der Waals surface area contributed by atoms with Crippen LogP contribution in [0.25, 0.3) is 0 Å². The van der Waals surface area contributed by atoms with Gasteiger partial charge in [-0.2, -0.15) is 0 Å². The molecule has 0 aliphatic carbocycles. The molecule has 7 heteroatoms. The van der Waals surface area contributed by atoms with Gasteiger partial charge in [-0.3, -0.25) is 14.5 Å². The molecule has 1 unspecified atom stereocenters. The van der Waals surface area contributed by atoms with Crippen LogP contribution in [0, 0.1) is 18.7 Å². The van der Waals surface area contributed by atoms with E-state index in [0.717, 1.165) is 19.5 Å². The molecule has 2 aromatic rings. The Balaban J connectivity index is 1.84. The lowest BCUT2D eigenvalue weighted by Gasteiger charge is -2.43. The SMILES string of the molecule is Cc1ccccc1CN(CC(C)C)C1CCN(C(=O)c2ccc(F)cc2)[C@@H](C(=O)NCCN)C1. The van der Waals surface area contributed by atoms with Crippen molar-refractivity contribution in [3.8, 4) is 0 Å². The van der Waals surface area contributed by atoms with Crippen molar-refractivity contribution in [3.63, 3.8) is 0 Å². The van der Waals surface area contributed by atoms with Crippen molar-refractivity contribution < 1.29 is 14.0 Å². The first-order chi connectivity index (χ1) is 16.3. The number of piperidine rings is 1. The van der Waals surface area contributed by atoms with Gasteiger partial charge in [-0.25, -0.2) is 4.39 Å². The van der Waals surface area contributed by atoms with Crippen LogP contribution < -0.4 is 11.1 Å². The molecule has 2 atom stereocenters. The van der Waals surface area contributed by atoms with Gasteiger partial charge in [-0.1, -0.05) is 38.1 Å². The van der Waals surface area contributed by atoms with Crippen LogP contribution in [-0.4, -0.2) is 59.9 Å². The molecule has 0 aromatic heterocycles. The molecule has 3 rings (SSSR count). The Bertz CT molecular complexity index is 963. The largest absolute Gasteiger partial charge is 0.353 e. The molecular weight excluding hydrogens is 431 g/mol. The summed E-state index contributed by atoms with van der Waals surface area (Å²) in [5, 5.41) is 2.87. The van der Waals surface area contributed by atoms with Crippen molar-refractivity contribution in [2.45, 2.75) is 52.2 Å². The highest BCUT2D eigenvalue weighted by atomic mass is 19.1. The minimum absolute atomic E-state index is 0.160. The molecule has 1 saturated heterocycles. The third-order valence-electron chi connectivity index (χ3n) is 6.42. The van der Waals surface area contributed by atoms with E-state index in [-0.39, 0.29) is 17.9 Å². The van der Waals surface area contributed by atoms with Gasteiger partial charge in [0, 0.05) is 44.3 Å². The molecule has 0 radical (unpaired) electrons. The van der Waals surface area contributed by atoms with Gasteiger partial charge >= 0.3 is 0 Å². The number of nitrogens with zero attached hydrogens (tertiary/aromatic N) is 2. The summed E-state index contributed by atoms with van der Waals surface area (Å²) in [6.45, 7) is 9.38. The number of rotatable bonds is 9. The third kappa shape index (κ3) is 6.64. The molecule has 2 amide bonds. The summed E-state index contributed by atoms with van der Waals surface area (Å²) in [6.07, 6.45) is 1.31. The fourth-order valence-electron chi connectivity index (χ4n) is 4.66. The van der Waals surface area contributed by atoms with E-state index in [9.17, 15) is 14.0 Å². The number of carbonyl (C=O) groups excluding carboxylic acids is 2. The molecule has 6 nitrogen and oxygen atoms in total. The van der Waals surface area contributed by atoms with E-state index in [4.69, 9.17) is 5.73 Å². The second-order valence-electron chi connectivity index (χ2n) is 9.53. The van der Waals surface area contributed by atoms with Crippen LogP contribution in [0.4, 0.5) is 4.39 Å². The molecule has 34 heavy (non-hydrogen) atoms. The fourth-order valence-corrected chi connectivity index (χ4v) is 4.66. The molecule has 1 heterocycles. The number of nitrogens with one attached hydrogen (secondary N) is 1. The van der Waals surface area contributed by atoms with Gasteiger partial charge in [-0.15, -0.1) is 0 Å². The summed E-state index contributed by atoms with van der Waals surface area (Å²) in [5.41, 5.74) is 8.50. The molecule has 1 aliphatic rings. The zero-order valence-corrected chi connectivity index (χ0v) is 20.5. The highest BCUT2D eigenvalue weighted by Crippen LogP contribution is 2.27. The molecule has 0 spiro atoms. The Hall–Kier alpha value is -2.77. The van der Waals surface area contributed by atoms with Crippen LogP contribution in [0.5, 0.6) is 0 Å². The Kier molecular flexibility index (Phi) is 9.19. The molecule has 1 aliphatic heterocycles. The van der Waals surface area contributed by atoms with Gasteiger partial charge in [0.15, 0.2) is 0 Å². The van der Waals surface area contributed by atoms with Crippen LogP contribution >= 0.6 is 0 Å². The summed E-state index contributed by atoms with van der Waals surface area (Å²) in [6, 6.07) is 13.4. The number of amides is 2. The van der Waals surface area contributed by atoms with Crippen molar-refractivity contribution >= 4 is 11.8 Å². The first kappa shape index (κ1) is 25.8. The van der Waals surface area contributed by atoms with E-state index < -0.39 is 11.9 Å². The molecule has 0 bridgehead atoms. The lowest BCUT2D eigenvalue weighted by atomic mass is 9.92. The lowest BCUT2D eigenvalue weighted by Crippen LogP contribution is -2.58. The van der Waals surface area contributed by atoms with E-state index in [1.54, 1.807) is 4.90 Å². The van der Waals surface area contributed by atoms with Crippen molar-refractivity contribution in [2.75, 3.05) is 26.2 Å². The maximum absolute atomic E-state index is 13.4. The summed E-state index contributed by atoms with van der Waals surface area (Å²) in [4.78, 5) is 30.5. The first-order valence-electron chi connectivity index (χ1n) is 12.1. The molecule has 3 N–H and O–H groups in total. The van der Waals surface area contributed by atoms with Crippen LogP contribution in [0.2, 0.25) is 0 Å². The van der Waals surface area contributed by atoms with Crippen LogP contribution in [0.3, 0.4) is 0 Å². The quantitative estimate of drug-likeness (QED) is 0.592. The molecule has 0 saturated carbocycles. The monoisotopic (exact) mass is 468 g/mol. The second-order valence-corrected chi connectivity index (χ2v) is 9.53. The highest BCUT2D eigenvalue weighted by Gasteiger charge is 2.38. The number of hydrogen-bond acceptors (Lipinski definition) is 4. The van der Waals surface area contributed by atoms with Crippen molar-refractivity contribution in [2.24, 2.45) is 11.7 Å². The Morgan fingerprint density at radius 1 is 1.18 bits per heavy atom. The van der Waals surface area contributed by atoms with Gasteiger partial charge in [0.1, 0.15) is 11.9 Å². The van der Waals surface area contributed by atoms with Crippen LogP contribution in [-0.2, 0) is 11.3 Å². The first-order valence-corrected chi connectivity index (χ1v) is 12.1. The predicted molar refractivity (Wildman–Crippen MR) is 133 cm³/mol. The number of benzene rings is 2. The Morgan fingerprint density at radius 2 is 1.88 bits per heavy atom. The molecular formula is C27H37FN4O2. The van der Waals surface area contributed by atoms with E-state index in [1.807, 2.05) is 6.07 Å². The summed E-state index contributed by atoms with van der Waals surface area (Å²) in [5.74, 6) is -0.368. The van der Waals surface area contributed by atoms with E-state index in [1.165, 1.54) is 35.4 Å². The predicted octanol–water partition coefficient (Wildman–Crippen LogP) is 3.34. The smallest absolute Gasteiger partial charge is 0.254 e. The minimum Gasteiger partial charge on any atom is -0.353 e. The minimum atomic E-state index is -0.602. The number of nitrogens with two attached hydrogens (primary N) is 1. The summed E-state index contributed by atoms with van der Waals surface area (Å²) >= 11 is 0. The van der Waals surface area contributed by atoms with Gasteiger partial charge in [0.25, 0.3) is 5.91 Å². The third-order valence-corrected chi connectivity index (χ3v) is 6.42. The van der Waals surface area contributed by atoms with Gasteiger partial charge in [0.05, 0.1) is 0 Å². The standard InChI is InChI=1S/C27H37FN4O2/c1-19(2)17-31(18-22-7-5-4-6-20(22)3)24-12-15-32(25(16-24)26(33)30-14-13-29)27(34)21-8-10-23(28)11-9-21/h4-11,19,24-25H,12-18,29H2,1-3H3,(H,30,33)/t24?,25-/m1/s1. The van der Waals surface area contributed by atoms with Crippen molar-refractivity contribution in [3.05, 3.63) is 71.0 Å². The number of carbonyl (C=O) groups is 2. The van der Waals surface area contributed by atoms with Gasteiger partial charge in [-0.05, 0) is 61.1 Å². The summed E-state index contributed by atoms with van der Waals surface area (Å²) < 4.78 is 13.4. The van der Waals surface area contributed by atoms with E-state index >= 15 is 0 Å². The Morgan fingerprint density at radius 3 is 2.53 bits per heavy atom. The number of hydrogen-bond donors (Lipinski definition) is 2. The average Bonchev–Trinajstić information content (AvgIpc) is 2.83. The lowest BCUT2D eigenvalue weighted by molar-refractivity contribution is -0.127. The van der Waals surface area contributed by atoms with Crippen molar-refractivity contribution in [1.82, 2.24) is 15.1 Å². The number of likely N-dealkylation sites (tertiary alicyclic amines) is 1. The van der Waals surface area contributed by atoms with E-state index in [2.05, 4.69) is 49.2 Å². The average molecular weight is 469 g/mol. The van der Waals surface area contributed by atoms with Gasteiger partial charge in [0.2, 0.25) is 5.91 Å². The highest BCUT2D eigenvalue weighted by molar-refractivity contribution is 5.97. The Labute approximate surface area is 202 Å². The normalized spacial score (nSPS) is 18.4. The van der Waals surface area contributed by atoms with Crippen molar-refractivity contribution in [1.29, 1.82) is 0 Å². The zero-order valence-electron chi connectivity index (χ0n) is 20.5. The topological polar surface area (TPSA) is 78.7 Å². The zero-order chi connectivity index (χ0) is 24.7. The number of aryl methyl sites for hydroxylation is 1. The molecule has 2 aromatic carbocycles. The van der Waals surface area contributed by atoms with Crippen LogP contribution in [0.15, 0.2) is 48.5 Å². The summed E-state index contributed by atoms with van der Waals surface area (Å²) in [7, 11) is 0. The number of halogens is 1. The van der Waals surface area contributed by atoms with Gasteiger partial charge < -0.3 is 16.0 Å². The molecule has 184 valence electrons. The maximum Gasteiger partial charge on any atom is 0.254 e. The molecule has 1 fully saturated rings. The van der Waals surface area contributed by atoms with Crippen LogP contribution in [0.1, 0.15) is 48.2 Å².